The van der Waals surface area contributed by atoms with Crippen LogP contribution in [0.15, 0.2) is 66.9 Å². The Morgan fingerprint density at radius 2 is 1.85 bits per heavy atom. The van der Waals surface area contributed by atoms with E-state index in [1.54, 1.807) is 20.4 Å². The molecule has 0 N–H and O–H groups in total. The monoisotopic (exact) mass is 439 g/mol. The van der Waals surface area contributed by atoms with E-state index in [2.05, 4.69) is 29.3 Å². The average Bonchev–Trinajstić information content (AvgIpc) is 3.22. The maximum Gasteiger partial charge on any atom is 0.166 e. The van der Waals surface area contributed by atoms with Gasteiger partial charge in [0, 0.05) is 19.7 Å². The number of hydrogen-bond donors (Lipinski definition) is 0. The third-order valence-corrected chi connectivity index (χ3v) is 6.04. The molecule has 33 heavy (non-hydrogen) atoms. The van der Waals surface area contributed by atoms with Gasteiger partial charge < -0.3 is 9.47 Å². The highest BCUT2D eigenvalue weighted by molar-refractivity contribution is 5.98. The highest BCUT2D eigenvalue weighted by atomic mass is 16.5. The molecule has 0 bridgehead atoms. The van der Waals surface area contributed by atoms with Crippen LogP contribution in [0.3, 0.4) is 0 Å². The van der Waals surface area contributed by atoms with Gasteiger partial charge in [-0.1, -0.05) is 54.6 Å². The number of Topliss-reactive ketones (excluding diaryl/α,β-unsaturated/α-hetero) is 1. The van der Waals surface area contributed by atoms with E-state index in [-0.39, 0.29) is 11.7 Å². The van der Waals surface area contributed by atoms with Crippen molar-refractivity contribution in [3.8, 4) is 16.9 Å². The second kappa shape index (κ2) is 9.00. The van der Waals surface area contributed by atoms with Crippen molar-refractivity contribution in [2.45, 2.75) is 19.4 Å². The zero-order chi connectivity index (χ0) is 22.8. The molecule has 0 fully saturated rings. The summed E-state index contributed by atoms with van der Waals surface area (Å²) in [6, 6.07) is 18.0. The third-order valence-electron chi connectivity index (χ3n) is 6.04. The second-order valence-electron chi connectivity index (χ2n) is 8.20. The fraction of sp³-hybridized carbons (Fsp3) is 0.222. The Kier molecular flexibility index (Phi) is 5.75. The lowest BCUT2D eigenvalue weighted by Crippen LogP contribution is -2.22. The molecule has 0 aliphatic heterocycles. The first-order valence-electron chi connectivity index (χ1n) is 11.0. The zero-order valence-electron chi connectivity index (χ0n) is 18.7. The normalized spacial score (nSPS) is 15.8. The minimum atomic E-state index is 0.100. The number of rotatable bonds is 6. The van der Waals surface area contributed by atoms with Crippen molar-refractivity contribution in [2.75, 3.05) is 14.2 Å². The molecule has 6 heteroatoms. The van der Waals surface area contributed by atoms with Crippen LogP contribution in [0.1, 0.15) is 33.7 Å². The summed E-state index contributed by atoms with van der Waals surface area (Å²) in [7, 11) is 3.30. The molecule has 2 aromatic carbocycles. The van der Waals surface area contributed by atoms with E-state index in [1.807, 2.05) is 47.0 Å². The van der Waals surface area contributed by atoms with Crippen LogP contribution in [-0.4, -0.2) is 34.6 Å². The van der Waals surface area contributed by atoms with Crippen LogP contribution in [-0.2, 0) is 17.8 Å². The molecular weight excluding hydrogens is 414 g/mol. The van der Waals surface area contributed by atoms with Gasteiger partial charge in [0.1, 0.15) is 5.75 Å². The molecule has 1 aliphatic carbocycles. The Morgan fingerprint density at radius 1 is 1.06 bits per heavy atom. The third kappa shape index (κ3) is 4.05. The Balaban J connectivity index is 1.58. The van der Waals surface area contributed by atoms with Gasteiger partial charge in [-0.3, -0.25) is 4.79 Å². The molecule has 166 valence electrons. The average molecular weight is 440 g/mol. The molecule has 5 rings (SSSR count). The Morgan fingerprint density at radius 3 is 2.58 bits per heavy atom. The number of fused-ring (bicyclic) bond motifs is 3. The summed E-state index contributed by atoms with van der Waals surface area (Å²) in [5.74, 6) is 0.992. The highest BCUT2D eigenvalue weighted by Crippen LogP contribution is 2.33. The molecule has 0 saturated carbocycles. The summed E-state index contributed by atoms with van der Waals surface area (Å²) in [5, 5.41) is 4.84. The van der Waals surface area contributed by atoms with Crippen LogP contribution in [0, 0.1) is 5.92 Å². The largest absolute Gasteiger partial charge is 0.497 e. The molecule has 4 aromatic rings. The highest BCUT2D eigenvalue weighted by Gasteiger charge is 2.28. The van der Waals surface area contributed by atoms with E-state index in [1.165, 1.54) is 0 Å². The van der Waals surface area contributed by atoms with E-state index in [4.69, 9.17) is 14.6 Å². The maximum absolute atomic E-state index is 13.0. The molecule has 0 unspecified atom stereocenters. The smallest absolute Gasteiger partial charge is 0.166 e. The number of carbonyl (C=O) groups is 1. The summed E-state index contributed by atoms with van der Waals surface area (Å²) in [4.78, 5) is 17.6. The van der Waals surface area contributed by atoms with Gasteiger partial charge in [0.2, 0.25) is 0 Å². The number of hydrogen-bond acceptors (Lipinski definition) is 5. The van der Waals surface area contributed by atoms with Gasteiger partial charge in [0.15, 0.2) is 11.4 Å². The van der Waals surface area contributed by atoms with Gasteiger partial charge in [0.25, 0.3) is 0 Å². The van der Waals surface area contributed by atoms with Gasteiger partial charge in [-0.25, -0.2) is 9.50 Å². The van der Waals surface area contributed by atoms with Crippen LogP contribution in [0.25, 0.3) is 22.9 Å². The first-order valence-corrected chi connectivity index (χ1v) is 11.0. The van der Waals surface area contributed by atoms with E-state index in [0.29, 0.717) is 18.6 Å². The summed E-state index contributed by atoms with van der Waals surface area (Å²) in [6.45, 7) is 0.352. The standard InChI is InChI=1S/C27H25N3O3/c1-32-17-23-26(20-10-12-21(33-2)13-11-20)27-28-16-22-24(30(27)29-23)14-19(15-25(22)31)9-8-18-6-4-3-5-7-18/h3-13,16,19H,14-15,17H2,1-2H3/b9-8+/t19-/m1/s1. The number of benzene rings is 2. The Labute approximate surface area is 192 Å². The van der Waals surface area contributed by atoms with Crippen LogP contribution in [0.4, 0.5) is 0 Å². The van der Waals surface area contributed by atoms with Gasteiger partial charge in [-0.15, -0.1) is 0 Å². The van der Waals surface area contributed by atoms with Crippen LogP contribution >= 0.6 is 0 Å². The van der Waals surface area contributed by atoms with Crippen molar-refractivity contribution in [1.82, 2.24) is 14.6 Å². The topological polar surface area (TPSA) is 65.7 Å². The number of methoxy groups -OCH3 is 2. The predicted molar refractivity (Wildman–Crippen MR) is 127 cm³/mol. The van der Waals surface area contributed by atoms with Crippen molar-refractivity contribution < 1.29 is 14.3 Å². The molecule has 0 radical (unpaired) electrons. The SMILES string of the molecule is COCc1nn2c3c(cnc2c1-c1ccc(OC)cc1)C(=O)C[C@H](/C=C/c1ccccc1)C3. The number of ether oxygens (including phenoxy) is 2. The molecule has 0 amide bonds. The Bertz CT molecular complexity index is 1320. The van der Waals surface area contributed by atoms with Crippen LogP contribution < -0.4 is 4.74 Å². The fourth-order valence-corrected chi connectivity index (χ4v) is 4.41. The molecule has 2 heterocycles. The molecule has 0 saturated heterocycles. The number of allylic oxidation sites excluding steroid dienone is 1. The van der Waals surface area contributed by atoms with E-state index >= 15 is 0 Å². The molecule has 1 atom stereocenters. The summed E-state index contributed by atoms with van der Waals surface area (Å²) in [5.41, 5.74) is 6.09. The number of aromatic nitrogens is 3. The quantitative estimate of drug-likeness (QED) is 0.423. The summed E-state index contributed by atoms with van der Waals surface area (Å²) >= 11 is 0. The van der Waals surface area contributed by atoms with E-state index in [9.17, 15) is 4.79 Å². The van der Waals surface area contributed by atoms with Crippen LogP contribution in [0.2, 0.25) is 0 Å². The van der Waals surface area contributed by atoms with Gasteiger partial charge in [0.05, 0.1) is 36.2 Å². The lowest BCUT2D eigenvalue weighted by molar-refractivity contribution is 0.0957. The second-order valence-corrected chi connectivity index (χ2v) is 8.20. The molecule has 1 aliphatic rings. The number of ketones is 1. The van der Waals surface area contributed by atoms with Gasteiger partial charge in [-0.05, 0) is 35.6 Å². The minimum Gasteiger partial charge on any atom is -0.497 e. The molecule has 0 spiro atoms. The zero-order valence-corrected chi connectivity index (χ0v) is 18.7. The fourth-order valence-electron chi connectivity index (χ4n) is 4.41. The van der Waals surface area contributed by atoms with Crippen molar-refractivity contribution in [1.29, 1.82) is 0 Å². The number of nitrogens with zero attached hydrogens (tertiary/aromatic N) is 3. The molecule has 6 nitrogen and oxygen atoms in total. The Hall–Kier alpha value is -3.77. The lowest BCUT2D eigenvalue weighted by atomic mass is 9.86. The van der Waals surface area contributed by atoms with E-state index < -0.39 is 0 Å². The first-order chi connectivity index (χ1) is 16.2. The predicted octanol–water partition coefficient (Wildman–Crippen LogP) is 5.01. The van der Waals surface area contributed by atoms with E-state index in [0.717, 1.165) is 45.9 Å². The van der Waals surface area contributed by atoms with Crippen LogP contribution in [0.5, 0.6) is 5.75 Å². The van der Waals surface area contributed by atoms with Gasteiger partial charge in [-0.2, -0.15) is 5.10 Å². The lowest BCUT2D eigenvalue weighted by Gasteiger charge is -2.21. The van der Waals surface area contributed by atoms with Gasteiger partial charge >= 0.3 is 0 Å². The van der Waals surface area contributed by atoms with Crippen molar-refractivity contribution >= 4 is 17.5 Å². The maximum atomic E-state index is 13.0. The van der Waals surface area contributed by atoms with Crippen molar-refractivity contribution in [3.05, 3.63) is 89.4 Å². The number of carbonyl (C=O) groups excluding carboxylic acids is 1. The minimum absolute atomic E-state index is 0.100. The molecular formula is C27H25N3O3. The summed E-state index contributed by atoms with van der Waals surface area (Å²) < 4.78 is 12.6. The van der Waals surface area contributed by atoms with Crippen molar-refractivity contribution in [2.24, 2.45) is 5.92 Å². The first kappa shape index (κ1) is 21.1. The van der Waals surface area contributed by atoms with Crippen molar-refractivity contribution in [3.63, 3.8) is 0 Å². The summed E-state index contributed by atoms with van der Waals surface area (Å²) in [6.07, 6.45) is 7.12. The molecule has 2 aromatic heterocycles.